The van der Waals surface area contributed by atoms with E-state index in [0.717, 1.165) is 0 Å². The van der Waals surface area contributed by atoms with E-state index in [9.17, 15) is 0 Å². The number of rotatable bonds is 2. The highest BCUT2D eigenvalue weighted by Crippen LogP contribution is 1.81. The molecule has 0 amide bonds. The second-order valence-corrected chi connectivity index (χ2v) is 2.62. The van der Waals surface area contributed by atoms with E-state index >= 15 is 0 Å². The van der Waals surface area contributed by atoms with Crippen LogP contribution in [-0.2, 0) is 0 Å². The molecule has 0 spiro atoms. The van der Waals surface area contributed by atoms with Gasteiger partial charge in [-0.15, -0.1) is 0 Å². The Kier molecular flexibility index (Phi) is 9.55. The van der Waals surface area contributed by atoms with Crippen LogP contribution in [-0.4, -0.2) is 22.0 Å². The molecule has 0 radical (unpaired) electrons. The van der Waals surface area contributed by atoms with Gasteiger partial charge >= 0.3 is 0 Å². The van der Waals surface area contributed by atoms with Gasteiger partial charge in [0.05, 0.1) is 22.0 Å². The van der Waals surface area contributed by atoms with Gasteiger partial charge in [0.15, 0.2) is 0 Å². The number of hydrogen-bond donors (Lipinski definition) is 1. The predicted octanol–water partition coefficient (Wildman–Crippen LogP) is -0.0661. The van der Waals surface area contributed by atoms with Gasteiger partial charge in [-0.1, -0.05) is 25.4 Å². The molecule has 0 bridgehead atoms. The van der Waals surface area contributed by atoms with Gasteiger partial charge in [-0.05, 0) is 12.2 Å². The van der Waals surface area contributed by atoms with Gasteiger partial charge < -0.3 is 5.32 Å². The lowest BCUT2D eigenvalue weighted by Crippen LogP contribution is -1.98. The van der Waals surface area contributed by atoms with Gasteiger partial charge in [0.25, 0.3) is 0 Å². The molecule has 12 heavy (non-hydrogen) atoms. The maximum absolute atomic E-state index is 2.92. The van der Waals surface area contributed by atoms with Crippen LogP contribution in [0, 0.1) is 0 Å². The van der Waals surface area contributed by atoms with Gasteiger partial charge in [0, 0.05) is 12.4 Å². The van der Waals surface area contributed by atoms with Crippen molar-refractivity contribution < 1.29 is 0 Å². The van der Waals surface area contributed by atoms with Gasteiger partial charge in [-0.3, -0.25) is 0 Å². The van der Waals surface area contributed by atoms with Crippen LogP contribution >= 0.6 is 0 Å². The zero-order chi connectivity index (χ0) is 9.07. The molecule has 0 unspecified atom stereocenters. The molecule has 1 N–H and O–H groups in total. The Bertz CT molecular complexity index is 148. The highest BCUT2D eigenvalue weighted by atomic mass is 14.8. The fourth-order valence-electron chi connectivity index (χ4n) is 0.760. The standard InChI is InChI=1S/C6H7N.C2H9B3/c1-2-4-6-7-5-3-1;1-2-4-5-3/h1-7H;4-5H,2-3H2,1H3. The fourth-order valence-corrected chi connectivity index (χ4v) is 0.760. The molecule has 62 valence electrons. The van der Waals surface area contributed by atoms with Crippen molar-refractivity contribution in [1.29, 1.82) is 0 Å². The first-order valence-corrected chi connectivity index (χ1v) is 4.66. The first-order chi connectivity index (χ1) is 5.91. The van der Waals surface area contributed by atoms with E-state index in [1.807, 2.05) is 36.7 Å². The van der Waals surface area contributed by atoms with E-state index in [0.29, 0.717) is 0 Å². The minimum absolute atomic E-state index is 1.34. The first-order valence-electron chi connectivity index (χ1n) is 4.66. The molecule has 0 saturated heterocycles. The summed E-state index contributed by atoms with van der Waals surface area (Å²) < 4.78 is 0. The van der Waals surface area contributed by atoms with Crippen molar-refractivity contribution in [3.63, 3.8) is 0 Å². The van der Waals surface area contributed by atoms with Gasteiger partial charge in [-0.2, -0.15) is 0 Å². The van der Waals surface area contributed by atoms with Gasteiger partial charge in [0.2, 0.25) is 0 Å². The molecule has 0 atom stereocenters. The Morgan fingerprint density at radius 2 is 1.75 bits per heavy atom. The van der Waals surface area contributed by atoms with Gasteiger partial charge in [-0.25, -0.2) is 0 Å². The van der Waals surface area contributed by atoms with Crippen LogP contribution in [0.25, 0.3) is 0 Å². The lowest BCUT2D eigenvalue weighted by Gasteiger charge is -1.79. The molecule has 1 aliphatic heterocycles. The molecule has 0 aliphatic carbocycles. The summed E-state index contributed by atoms with van der Waals surface area (Å²) in [5.41, 5.74) is 0. The smallest absolute Gasteiger partial charge is 0.0776 e. The topological polar surface area (TPSA) is 12.0 Å². The van der Waals surface area contributed by atoms with E-state index in [1.165, 1.54) is 20.6 Å². The minimum atomic E-state index is 1.34. The molecule has 0 aromatic heterocycles. The summed E-state index contributed by atoms with van der Waals surface area (Å²) in [5, 5.41) is 2.92. The lowest BCUT2D eigenvalue weighted by atomic mass is 9.27. The van der Waals surface area contributed by atoms with Crippen LogP contribution in [0.1, 0.15) is 6.92 Å². The SMILES string of the molecule is BBBCC.C1=CC=CNC=C1. The van der Waals surface area contributed by atoms with Crippen LogP contribution in [0.3, 0.4) is 0 Å². The van der Waals surface area contributed by atoms with E-state index in [-0.39, 0.29) is 0 Å². The molecule has 0 aromatic carbocycles. The van der Waals surface area contributed by atoms with Crippen molar-refractivity contribution >= 4 is 22.0 Å². The van der Waals surface area contributed by atoms with Gasteiger partial charge in [0.1, 0.15) is 0 Å². The Morgan fingerprint density at radius 1 is 1.17 bits per heavy atom. The number of hydrogen-bond acceptors (Lipinski definition) is 1. The second kappa shape index (κ2) is 10.2. The molecule has 0 saturated carbocycles. The number of allylic oxidation sites excluding steroid dienone is 4. The predicted molar refractivity (Wildman–Crippen MR) is 63.9 cm³/mol. The second-order valence-electron chi connectivity index (χ2n) is 2.62. The third kappa shape index (κ3) is 9.21. The van der Waals surface area contributed by atoms with E-state index in [1.54, 1.807) is 0 Å². The average Bonchev–Trinajstić information content (AvgIpc) is 2.37. The largest absolute Gasteiger partial charge is 0.368 e. The molecular formula is C8H16B3N. The summed E-state index contributed by atoms with van der Waals surface area (Å²) in [5.74, 6) is 0. The molecule has 1 rings (SSSR count). The lowest BCUT2D eigenvalue weighted by molar-refractivity contribution is 1.20. The summed E-state index contributed by atoms with van der Waals surface area (Å²) in [6, 6.07) is 0. The highest BCUT2D eigenvalue weighted by Gasteiger charge is 1.75. The summed E-state index contributed by atoms with van der Waals surface area (Å²) >= 11 is 0. The summed E-state index contributed by atoms with van der Waals surface area (Å²) in [6.45, 7) is 2.21. The summed E-state index contributed by atoms with van der Waals surface area (Å²) in [7, 11) is 4.94. The normalized spacial score (nSPS) is 12.1. The number of nitrogens with one attached hydrogen (secondary N) is 1. The van der Waals surface area contributed by atoms with E-state index < -0.39 is 0 Å². The van der Waals surface area contributed by atoms with Crippen LogP contribution in [0.4, 0.5) is 0 Å². The van der Waals surface area contributed by atoms with Crippen molar-refractivity contribution in [3.8, 4) is 0 Å². The highest BCUT2D eigenvalue weighted by molar-refractivity contribution is 7.23. The zero-order valence-electron chi connectivity index (χ0n) is 8.09. The molecule has 1 aliphatic rings. The van der Waals surface area contributed by atoms with Crippen molar-refractivity contribution in [2.75, 3.05) is 0 Å². The summed E-state index contributed by atoms with van der Waals surface area (Å²) in [4.78, 5) is 0. The van der Waals surface area contributed by atoms with Crippen LogP contribution in [0.2, 0.25) is 6.32 Å². The van der Waals surface area contributed by atoms with Crippen LogP contribution in [0.5, 0.6) is 0 Å². The maximum Gasteiger partial charge on any atom is 0.0776 e. The third-order valence-corrected chi connectivity index (χ3v) is 1.43. The monoisotopic (exact) mass is 159 g/mol. The molecule has 0 fully saturated rings. The zero-order valence-corrected chi connectivity index (χ0v) is 8.09. The molecule has 0 aromatic rings. The van der Waals surface area contributed by atoms with Crippen LogP contribution in [0.15, 0.2) is 36.7 Å². The molecule has 4 heteroatoms. The van der Waals surface area contributed by atoms with Crippen LogP contribution < -0.4 is 5.32 Å². The molecule has 1 nitrogen and oxygen atoms in total. The van der Waals surface area contributed by atoms with Crippen molar-refractivity contribution in [2.45, 2.75) is 13.2 Å². The first kappa shape index (κ1) is 11.2. The van der Waals surface area contributed by atoms with Crippen molar-refractivity contribution in [2.24, 2.45) is 0 Å². The Hall–Kier alpha value is -0.785. The summed E-state index contributed by atoms with van der Waals surface area (Å²) in [6.07, 6.45) is 12.9. The average molecular weight is 159 g/mol. The van der Waals surface area contributed by atoms with E-state index in [2.05, 4.69) is 20.0 Å². The van der Waals surface area contributed by atoms with Crippen molar-refractivity contribution in [3.05, 3.63) is 36.7 Å². The fraction of sp³-hybridized carbons (Fsp3) is 0.250. The minimum Gasteiger partial charge on any atom is -0.368 e. The van der Waals surface area contributed by atoms with E-state index in [4.69, 9.17) is 0 Å². The Labute approximate surface area is 77.9 Å². The Morgan fingerprint density at radius 3 is 2.08 bits per heavy atom. The third-order valence-electron chi connectivity index (χ3n) is 1.43. The maximum atomic E-state index is 2.92. The Balaban J connectivity index is 0.000000217. The molecule has 1 heterocycles. The quantitative estimate of drug-likeness (QED) is 0.555. The molecular weight excluding hydrogens is 143 g/mol. The van der Waals surface area contributed by atoms with Crippen molar-refractivity contribution in [1.82, 2.24) is 5.32 Å².